The zero-order chi connectivity index (χ0) is 21.1. The number of benzene rings is 2. The van der Waals surface area contributed by atoms with Crippen LogP contribution >= 0.6 is 27.5 Å². The third-order valence-electron chi connectivity index (χ3n) is 3.46. The van der Waals surface area contributed by atoms with Crippen molar-refractivity contribution in [3.63, 3.8) is 0 Å². The molecular formula is C18H13BrClF3O5. The molecule has 0 saturated carbocycles. The number of carbonyl (C=O) groups excluding carboxylic acids is 2. The van der Waals surface area contributed by atoms with Gasteiger partial charge in [-0.15, -0.1) is 0 Å². The van der Waals surface area contributed by atoms with Crippen molar-refractivity contribution >= 4 is 39.5 Å². The highest BCUT2D eigenvalue weighted by molar-refractivity contribution is 9.10. The van der Waals surface area contributed by atoms with Gasteiger partial charge in [0.2, 0.25) is 0 Å². The molecule has 2 rings (SSSR count). The molecule has 10 heteroatoms. The van der Waals surface area contributed by atoms with Gasteiger partial charge >= 0.3 is 18.1 Å². The summed E-state index contributed by atoms with van der Waals surface area (Å²) in [5, 5.41) is -0.249. The van der Waals surface area contributed by atoms with E-state index in [9.17, 15) is 22.8 Å². The van der Waals surface area contributed by atoms with E-state index in [2.05, 4.69) is 20.7 Å². The molecule has 0 saturated heterocycles. The highest BCUT2D eigenvalue weighted by atomic mass is 79.9. The van der Waals surface area contributed by atoms with Gasteiger partial charge < -0.3 is 14.2 Å². The van der Waals surface area contributed by atoms with Gasteiger partial charge in [-0.3, -0.25) is 0 Å². The van der Waals surface area contributed by atoms with Crippen LogP contribution in [-0.2, 0) is 20.4 Å². The lowest BCUT2D eigenvalue weighted by Gasteiger charge is -2.14. The molecule has 0 amide bonds. The van der Waals surface area contributed by atoms with Crippen LogP contribution < -0.4 is 4.74 Å². The molecule has 0 heterocycles. The molecule has 28 heavy (non-hydrogen) atoms. The molecule has 0 aromatic heterocycles. The van der Waals surface area contributed by atoms with Gasteiger partial charge in [0.05, 0.1) is 23.3 Å². The van der Waals surface area contributed by atoms with Gasteiger partial charge in [-0.2, -0.15) is 13.2 Å². The van der Waals surface area contributed by atoms with Gasteiger partial charge in [-0.25, -0.2) is 9.59 Å². The number of methoxy groups -OCH3 is 1. The Hall–Kier alpha value is -2.26. The highest BCUT2D eigenvalue weighted by Gasteiger charge is 2.31. The summed E-state index contributed by atoms with van der Waals surface area (Å²) >= 11 is 9.04. The predicted octanol–water partition coefficient (Wildman–Crippen LogP) is 5.63. The van der Waals surface area contributed by atoms with Crippen LogP contribution in [0.15, 0.2) is 40.9 Å². The molecule has 1 atom stereocenters. The summed E-state index contributed by atoms with van der Waals surface area (Å²) in [6.07, 6.45) is -5.66. The Morgan fingerprint density at radius 3 is 2.39 bits per heavy atom. The van der Waals surface area contributed by atoms with Gasteiger partial charge in [0.1, 0.15) is 11.5 Å². The number of hydrogen-bond donors (Lipinski definition) is 0. The standard InChI is InChI=1S/C18H13BrClF3O5/c1-9(16(24)26-2)27-17(25)12-8-11(4-5-13(12)19)28-15-6-3-10(7-14(15)20)18(21,22)23/h3-9H,1-2H3/t9-/m0/s1. The van der Waals surface area contributed by atoms with Crippen LogP contribution in [0.25, 0.3) is 0 Å². The number of carbonyl (C=O) groups is 2. The van der Waals surface area contributed by atoms with E-state index in [1.165, 1.54) is 25.1 Å². The first-order valence-electron chi connectivity index (χ1n) is 7.66. The summed E-state index contributed by atoms with van der Waals surface area (Å²) in [4.78, 5) is 23.6. The minimum atomic E-state index is -4.53. The monoisotopic (exact) mass is 480 g/mol. The van der Waals surface area contributed by atoms with Gasteiger partial charge in [0, 0.05) is 4.47 Å². The minimum Gasteiger partial charge on any atom is -0.466 e. The molecular weight excluding hydrogens is 469 g/mol. The number of esters is 2. The first-order valence-corrected chi connectivity index (χ1v) is 8.83. The number of ether oxygens (including phenoxy) is 3. The number of halogens is 5. The third kappa shape index (κ3) is 5.39. The Labute approximate surface area is 171 Å². The first-order chi connectivity index (χ1) is 13.0. The third-order valence-corrected chi connectivity index (χ3v) is 4.45. The molecule has 0 radical (unpaired) electrons. The molecule has 0 fully saturated rings. The van der Waals surface area contributed by atoms with Gasteiger partial charge in [-0.1, -0.05) is 11.6 Å². The molecule has 0 aliphatic rings. The van der Waals surface area contributed by atoms with Crippen molar-refractivity contribution in [3.05, 3.63) is 57.0 Å². The smallest absolute Gasteiger partial charge is 0.416 e. The second kappa shape index (κ2) is 8.83. The van der Waals surface area contributed by atoms with Crippen molar-refractivity contribution in [2.75, 3.05) is 7.11 Å². The SMILES string of the molecule is COC(=O)[C@H](C)OC(=O)c1cc(Oc2ccc(C(F)(F)F)cc2Cl)ccc1Br. The molecule has 5 nitrogen and oxygen atoms in total. The Balaban J connectivity index is 2.24. The minimum absolute atomic E-state index is 0.0285. The summed E-state index contributed by atoms with van der Waals surface area (Å²) in [6, 6.07) is 6.89. The van der Waals surface area contributed by atoms with E-state index in [1.807, 2.05) is 0 Å². The summed E-state index contributed by atoms with van der Waals surface area (Å²) < 4.78 is 53.5. The predicted molar refractivity (Wildman–Crippen MR) is 97.6 cm³/mol. The summed E-state index contributed by atoms with van der Waals surface area (Å²) in [7, 11) is 1.16. The fourth-order valence-electron chi connectivity index (χ4n) is 2.05. The van der Waals surface area contributed by atoms with Crippen LogP contribution in [0.5, 0.6) is 11.5 Å². The quantitative estimate of drug-likeness (QED) is 0.518. The first kappa shape index (κ1) is 22.0. The van der Waals surface area contributed by atoms with Crippen molar-refractivity contribution in [3.8, 4) is 11.5 Å². The average molecular weight is 482 g/mol. The molecule has 0 unspecified atom stereocenters. The normalized spacial score (nSPS) is 12.2. The van der Waals surface area contributed by atoms with E-state index >= 15 is 0 Å². The maximum Gasteiger partial charge on any atom is 0.416 e. The fraction of sp³-hybridized carbons (Fsp3) is 0.222. The number of alkyl halides is 3. The molecule has 0 N–H and O–H groups in total. The molecule has 0 bridgehead atoms. The highest BCUT2D eigenvalue weighted by Crippen LogP contribution is 2.37. The Morgan fingerprint density at radius 1 is 1.14 bits per heavy atom. The van der Waals surface area contributed by atoms with E-state index in [-0.39, 0.29) is 22.1 Å². The summed E-state index contributed by atoms with van der Waals surface area (Å²) in [6.45, 7) is 1.35. The van der Waals surface area contributed by atoms with E-state index in [0.717, 1.165) is 25.3 Å². The van der Waals surface area contributed by atoms with Crippen molar-refractivity contribution < 1.29 is 37.0 Å². The van der Waals surface area contributed by atoms with Gasteiger partial charge in [0.25, 0.3) is 0 Å². The fourth-order valence-corrected chi connectivity index (χ4v) is 2.68. The topological polar surface area (TPSA) is 61.8 Å². The maximum atomic E-state index is 12.7. The Morgan fingerprint density at radius 2 is 1.82 bits per heavy atom. The number of hydrogen-bond acceptors (Lipinski definition) is 5. The summed E-state index contributed by atoms with van der Waals surface area (Å²) in [5.74, 6) is -1.45. The zero-order valence-electron chi connectivity index (χ0n) is 14.5. The lowest BCUT2D eigenvalue weighted by molar-refractivity contribution is -0.149. The van der Waals surface area contributed by atoms with Crippen molar-refractivity contribution in [1.29, 1.82) is 0 Å². The number of rotatable bonds is 5. The van der Waals surface area contributed by atoms with Gasteiger partial charge in [-0.05, 0) is 59.3 Å². The average Bonchev–Trinajstić information content (AvgIpc) is 2.63. The Bertz CT molecular complexity index is 901. The zero-order valence-corrected chi connectivity index (χ0v) is 16.8. The van der Waals surface area contributed by atoms with Gasteiger partial charge in [0.15, 0.2) is 6.10 Å². The maximum absolute atomic E-state index is 12.7. The molecule has 0 aliphatic heterocycles. The van der Waals surface area contributed by atoms with Crippen LogP contribution in [0.4, 0.5) is 13.2 Å². The molecule has 0 aliphatic carbocycles. The van der Waals surface area contributed by atoms with Crippen molar-refractivity contribution in [2.45, 2.75) is 19.2 Å². The largest absolute Gasteiger partial charge is 0.466 e. The van der Waals surface area contributed by atoms with Crippen molar-refractivity contribution in [2.24, 2.45) is 0 Å². The van der Waals surface area contributed by atoms with Crippen molar-refractivity contribution in [1.82, 2.24) is 0 Å². The molecule has 0 spiro atoms. The second-order valence-corrected chi connectivity index (χ2v) is 6.72. The van der Waals surface area contributed by atoms with Crippen LogP contribution in [0.3, 0.4) is 0 Å². The molecule has 2 aromatic rings. The second-order valence-electron chi connectivity index (χ2n) is 5.46. The lowest BCUT2D eigenvalue weighted by Crippen LogP contribution is -2.25. The molecule has 2 aromatic carbocycles. The summed E-state index contributed by atoms with van der Waals surface area (Å²) in [5.41, 5.74) is -0.877. The van der Waals surface area contributed by atoms with Crippen LogP contribution in [-0.4, -0.2) is 25.2 Å². The Kier molecular flexibility index (Phi) is 6.95. The van der Waals surface area contributed by atoms with E-state index in [1.54, 1.807) is 0 Å². The van der Waals surface area contributed by atoms with Crippen LogP contribution in [0.2, 0.25) is 5.02 Å². The van der Waals surface area contributed by atoms with Crippen LogP contribution in [0.1, 0.15) is 22.8 Å². The van der Waals surface area contributed by atoms with E-state index < -0.39 is 29.8 Å². The lowest BCUT2D eigenvalue weighted by atomic mass is 10.2. The molecule has 150 valence electrons. The van der Waals surface area contributed by atoms with E-state index in [0.29, 0.717) is 4.47 Å². The van der Waals surface area contributed by atoms with E-state index in [4.69, 9.17) is 21.1 Å². The van der Waals surface area contributed by atoms with Crippen LogP contribution in [0, 0.1) is 0 Å².